The highest BCUT2D eigenvalue weighted by Crippen LogP contribution is 2.32. The van der Waals surface area contributed by atoms with Crippen molar-refractivity contribution in [3.63, 3.8) is 0 Å². The number of fused-ring (bicyclic) bond motifs is 1. The maximum absolute atomic E-state index is 13.0. The molecule has 0 saturated carbocycles. The predicted molar refractivity (Wildman–Crippen MR) is 114 cm³/mol. The molecule has 3 amide bonds. The molecule has 0 aliphatic carbocycles. The lowest BCUT2D eigenvalue weighted by Gasteiger charge is -2.19. The summed E-state index contributed by atoms with van der Waals surface area (Å²) in [6, 6.07) is 11.8. The van der Waals surface area contributed by atoms with E-state index in [2.05, 4.69) is 10.3 Å². The van der Waals surface area contributed by atoms with Gasteiger partial charge in [-0.15, -0.1) is 0 Å². The fourth-order valence-corrected chi connectivity index (χ4v) is 4.31. The van der Waals surface area contributed by atoms with Gasteiger partial charge in [0.15, 0.2) is 0 Å². The molecule has 33 heavy (non-hydrogen) atoms. The molecule has 1 aliphatic heterocycles. The molecule has 2 heterocycles. The second kappa shape index (κ2) is 8.03. The topological polar surface area (TPSA) is 99.7 Å². The van der Waals surface area contributed by atoms with Crippen LogP contribution in [-0.4, -0.2) is 49.3 Å². The number of carbonyl (C=O) groups excluding carboxylic acids is 2. The number of benzene rings is 2. The highest BCUT2D eigenvalue weighted by molar-refractivity contribution is 7.92. The summed E-state index contributed by atoms with van der Waals surface area (Å²) in [5.74, 6) is -0.00128. The molecule has 1 aromatic heterocycles. The van der Waals surface area contributed by atoms with Crippen LogP contribution in [0.5, 0.6) is 0 Å². The third-order valence-electron chi connectivity index (χ3n) is 5.17. The van der Waals surface area contributed by atoms with Gasteiger partial charge in [-0.05, 0) is 42.0 Å². The maximum atomic E-state index is 13.0. The zero-order valence-corrected chi connectivity index (χ0v) is 17.9. The van der Waals surface area contributed by atoms with E-state index in [0.29, 0.717) is 11.3 Å². The van der Waals surface area contributed by atoms with Crippen molar-refractivity contribution < 1.29 is 31.2 Å². The van der Waals surface area contributed by atoms with Crippen LogP contribution in [0, 0.1) is 0 Å². The molecule has 4 rings (SSSR count). The molecular formula is C21H17F3N4O4S. The van der Waals surface area contributed by atoms with E-state index in [1.165, 1.54) is 4.90 Å². The second-order valence-corrected chi connectivity index (χ2v) is 9.19. The minimum atomic E-state index is -5.53. The Labute approximate surface area is 186 Å². The second-order valence-electron chi connectivity index (χ2n) is 7.24. The summed E-state index contributed by atoms with van der Waals surface area (Å²) in [7, 11) is -3.83. The Morgan fingerprint density at radius 3 is 2.36 bits per heavy atom. The van der Waals surface area contributed by atoms with Gasteiger partial charge in [-0.2, -0.15) is 13.2 Å². The molecule has 0 bridgehead atoms. The van der Waals surface area contributed by atoms with Gasteiger partial charge in [0.1, 0.15) is 12.4 Å². The number of nitrogens with one attached hydrogen (secondary N) is 1. The van der Waals surface area contributed by atoms with Crippen LogP contribution in [0.2, 0.25) is 0 Å². The van der Waals surface area contributed by atoms with Gasteiger partial charge in [-0.1, -0.05) is 18.2 Å². The number of para-hydroxylation sites is 1. The summed E-state index contributed by atoms with van der Waals surface area (Å²) in [6.45, 7) is -0.147. The van der Waals surface area contributed by atoms with Gasteiger partial charge < -0.3 is 10.2 Å². The number of urea groups is 1. The van der Waals surface area contributed by atoms with Crippen molar-refractivity contribution in [3.05, 3.63) is 60.2 Å². The Balaban J connectivity index is 1.61. The van der Waals surface area contributed by atoms with Gasteiger partial charge in [-0.3, -0.25) is 4.79 Å². The van der Waals surface area contributed by atoms with Crippen LogP contribution in [-0.2, 0) is 21.2 Å². The number of sulfone groups is 1. The molecule has 0 atom stereocenters. The number of amides is 3. The molecule has 1 N–H and O–H groups in total. The minimum absolute atomic E-state index is 0.0240. The Kier molecular flexibility index (Phi) is 5.48. The Morgan fingerprint density at radius 2 is 1.73 bits per heavy atom. The predicted octanol–water partition coefficient (Wildman–Crippen LogP) is 3.54. The number of alkyl halides is 3. The first-order chi connectivity index (χ1) is 15.5. The van der Waals surface area contributed by atoms with E-state index in [9.17, 15) is 31.2 Å². The largest absolute Gasteiger partial charge is 0.501 e. The van der Waals surface area contributed by atoms with E-state index in [-0.39, 0.29) is 18.8 Å². The van der Waals surface area contributed by atoms with Crippen molar-refractivity contribution >= 4 is 44.2 Å². The van der Waals surface area contributed by atoms with Crippen molar-refractivity contribution in [2.45, 2.75) is 16.9 Å². The van der Waals surface area contributed by atoms with Crippen molar-refractivity contribution in [1.29, 1.82) is 0 Å². The van der Waals surface area contributed by atoms with Crippen LogP contribution in [0.25, 0.3) is 10.9 Å². The summed E-state index contributed by atoms with van der Waals surface area (Å²) < 4.78 is 61.3. The average molecular weight is 478 g/mol. The van der Waals surface area contributed by atoms with Crippen molar-refractivity contribution in [3.8, 4) is 0 Å². The molecule has 1 aliphatic rings. The molecule has 1 fully saturated rings. The van der Waals surface area contributed by atoms with Crippen molar-refractivity contribution in [2.24, 2.45) is 0 Å². The van der Waals surface area contributed by atoms with Gasteiger partial charge in [0.05, 0.1) is 16.1 Å². The molecule has 1 saturated heterocycles. The standard InChI is InChI=1S/C21H17F3N4O4S/c1-25-18-10-13(16-4-2-3-5-17(16)26-18)11-27-12-19(29)28(20(27)30)14-6-8-15(9-7-14)33(31,32)21(22,23)24/h2-10H,11-12H2,1H3,(H,25,26). The number of pyridine rings is 1. The zero-order chi connectivity index (χ0) is 24.0. The van der Waals surface area contributed by atoms with E-state index in [1.54, 1.807) is 13.1 Å². The van der Waals surface area contributed by atoms with Crippen LogP contribution in [0.4, 0.5) is 29.5 Å². The Bertz CT molecular complexity index is 1360. The number of rotatable bonds is 5. The highest BCUT2D eigenvalue weighted by Gasteiger charge is 2.47. The third kappa shape index (κ3) is 3.97. The SMILES string of the molecule is CNc1cc(CN2CC(=O)N(c3ccc(S(=O)(=O)C(F)(F)F)cc3)C2=O)c2ccccc2n1. The van der Waals surface area contributed by atoms with Crippen molar-refractivity contribution in [2.75, 3.05) is 23.8 Å². The molecule has 0 unspecified atom stereocenters. The van der Waals surface area contributed by atoms with Crippen LogP contribution < -0.4 is 10.2 Å². The fourth-order valence-electron chi connectivity index (χ4n) is 3.55. The molecule has 2 aromatic carbocycles. The first-order valence-corrected chi connectivity index (χ1v) is 11.1. The van der Waals surface area contributed by atoms with Gasteiger partial charge in [0, 0.05) is 19.0 Å². The summed E-state index contributed by atoms with van der Waals surface area (Å²) in [5.41, 5.74) is -4.02. The zero-order valence-electron chi connectivity index (χ0n) is 17.1. The van der Waals surface area contributed by atoms with Crippen LogP contribution in [0.15, 0.2) is 59.5 Å². The Morgan fingerprint density at radius 1 is 1.06 bits per heavy atom. The van der Waals surface area contributed by atoms with Gasteiger partial charge in [0.2, 0.25) is 0 Å². The van der Waals surface area contributed by atoms with Crippen LogP contribution in [0.3, 0.4) is 0 Å². The molecule has 0 spiro atoms. The number of hydrogen-bond acceptors (Lipinski definition) is 6. The van der Waals surface area contributed by atoms with Gasteiger partial charge in [-0.25, -0.2) is 23.1 Å². The summed E-state index contributed by atoms with van der Waals surface area (Å²) in [4.78, 5) is 31.1. The lowest BCUT2D eigenvalue weighted by atomic mass is 10.1. The number of nitrogens with zero attached hydrogens (tertiary/aromatic N) is 3. The van der Waals surface area contributed by atoms with E-state index >= 15 is 0 Å². The lowest BCUT2D eigenvalue weighted by molar-refractivity contribution is -0.116. The molecule has 8 nitrogen and oxygen atoms in total. The normalized spacial score (nSPS) is 14.9. The van der Waals surface area contributed by atoms with Gasteiger partial charge in [0.25, 0.3) is 15.7 Å². The molecule has 0 radical (unpaired) electrons. The molecular weight excluding hydrogens is 461 g/mol. The molecule has 3 aromatic rings. The third-order valence-corrected chi connectivity index (χ3v) is 6.67. The smallest absolute Gasteiger partial charge is 0.373 e. The lowest BCUT2D eigenvalue weighted by Crippen LogP contribution is -2.33. The average Bonchev–Trinajstić information content (AvgIpc) is 3.05. The number of halogens is 3. The number of imide groups is 1. The summed E-state index contributed by atoms with van der Waals surface area (Å²) in [6.07, 6.45) is 0. The Hall–Kier alpha value is -3.67. The monoisotopic (exact) mass is 478 g/mol. The number of carbonyl (C=O) groups is 2. The van der Waals surface area contributed by atoms with E-state index < -0.39 is 32.2 Å². The number of hydrogen-bond donors (Lipinski definition) is 1. The molecule has 172 valence electrons. The highest BCUT2D eigenvalue weighted by atomic mass is 32.2. The maximum Gasteiger partial charge on any atom is 0.501 e. The fraction of sp³-hybridized carbons (Fsp3) is 0.190. The quantitative estimate of drug-likeness (QED) is 0.563. The van der Waals surface area contributed by atoms with Gasteiger partial charge >= 0.3 is 11.5 Å². The van der Waals surface area contributed by atoms with Crippen molar-refractivity contribution in [1.82, 2.24) is 9.88 Å². The van der Waals surface area contributed by atoms with E-state index in [4.69, 9.17) is 0 Å². The first kappa shape index (κ1) is 22.5. The number of aromatic nitrogens is 1. The van der Waals surface area contributed by atoms with E-state index in [0.717, 1.165) is 40.1 Å². The van der Waals surface area contributed by atoms with Crippen LogP contribution >= 0.6 is 0 Å². The number of anilines is 2. The minimum Gasteiger partial charge on any atom is -0.373 e. The summed E-state index contributed by atoms with van der Waals surface area (Å²) >= 11 is 0. The first-order valence-electron chi connectivity index (χ1n) is 9.62. The van der Waals surface area contributed by atoms with E-state index in [1.807, 2.05) is 24.3 Å². The van der Waals surface area contributed by atoms with Crippen LogP contribution in [0.1, 0.15) is 5.56 Å². The summed E-state index contributed by atoms with van der Waals surface area (Å²) in [5, 5.41) is 3.75. The molecule has 12 heteroatoms.